The molecule has 0 heterocycles. The summed E-state index contributed by atoms with van der Waals surface area (Å²) in [5.41, 5.74) is -4.17. The third-order valence-electron chi connectivity index (χ3n) is 6.83. The molecule has 2 aliphatic rings. The van der Waals surface area contributed by atoms with Crippen LogP contribution in [-0.2, 0) is 14.3 Å². The molecule has 0 saturated heterocycles. The number of hydrogen-bond acceptors (Lipinski definition) is 6. The van der Waals surface area contributed by atoms with E-state index in [-0.39, 0.29) is 18.3 Å². The number of aliphatic carboxylic acids is 1. The van der Waals surface area contributed by atoms with Crippen molar-refractivity contribution < 1.29 is 34.8 Å². The number of aliphatic hydroxyl groups is 3. The van der Waals surface area contributed by atoms with Crippen LogP contribution in [0.25, 0.3) is 0 Å². The number of carbonyl (C=O) groups is 2. The number of fused-ring (bicyclic) bond motifs is 1. The lowest BCUT2D eigenvalue weighted by molar-refractivity contribution is -0.249. The van der Waals surface area contributed by atoms with Gasteiger partial charge in [0.25, 0.3) is 0 Å². The van der Waals surface area contributed by atoms with E-state index in [1.807, 2.05) is 19.1 Å². The van der Waals surface area contributed by atoms with E-state index >= 15 is 0 Å². The maximum absolute atomic E-state index is 12.6. The molecule has 7 heteroatoms. The maximum Gasteiger partial charge on any atom is 0.338 e. The number of aliphatic hydroxyl groups excluding tert-OH is 1. The molecule has 2 rings (SSSR count). The lowest BCUT2D eigenvalue weighted by Crippen LogP contribution is -2.71. The predicted molar refractivity (Wildman–Crippen MR) is 112 cm³/mol. The van der Waals surface area contributed by atoms with Crippen LogP contribution < -0.4 is 0 Å². The van der Waals surface area contributed by atoms with E-state index in [1.54, 1.807) is 19.9 Å². The molecule has 0 fully saturated rings. The lowest BCUT2D eigenvalue weighted by atomic mass is 9.59. The lowest BCUT2D eigenvalue weighted by Gasteiger charge is -2.52. The van der Waals surface area contributed by atoms with Crippen LogP contribution in [0.3, 0.4) is 0 Å². The van der Waals surface area contributed by atoms with E-state index in [9.17, 15) is 30.0 Å². The molecular formula is C23H36O7. The number of ether oxygens (including phenoxy) is 1. The van der Waals surface area contributed by atoms with Gasteiger partial charge in [0.15, 0.2) is 5.60 Å². The van der Waals surface area contributed by atoms with Crippen LogP contribution in [0.2, 0.25) is 0 Å². The van der Waals surface area contributed by atoms with Gasteiger partial charge in [0.2, 0.25) is 0 Å². The van der Waals surface area contributed by atoms with Crippen molar-refractivity contribution in [2.24, 2.45) is 17.8 Å². The van der Waals surface area contributed by atoms with Gasteiger partial charge in [-0.2, -0.15) is 0 Å². The topological polar surface area (TPSA) is 124 Å². The summed E-state index contributed by atoms with van der Waals surface area (Å²) in [6.45, 7) is 6.40. The fourth-order valence-electron chi connectivity index (χ4n) is 4.68. The zero-order chi connectivity index (χ0) is 22.7. The van der Waals surface area contributed by atoms with E-state index in [1.165, 1.54) is 0 Å². The molecule has 0 bridgehead atoms. The molecule has 7 nitrogen and oxygen atoms in total. The molecule has 0 saturated carbocycles. The highest BCUT2D eigenvalue weighted by Gasteiger charge is 2.64. The van der Waals surface area contributed by atoms with Crippen molar-refractivity contribution in [3.05, 3.63) is 23.8 Å². The number of carbonyl (C=O) groups excluding carboxylic acids is 1. The van der Waals surface area contributed by atoms with Crippen molar-refractivity contribution in [3.8, 4) is 0 Å². The maximum atomic E-state index is 12.6. The number of rotatable bonds is 9. The van der Waals surface area contributed by atoms with Crippen molar-refractivity contribution in [1.82, 2.24) is 0 Å². The highest BCUT2D eigenvalue weighted by molar-refractivity contribution is 5.79. The van der Waals surface area contributed by atoms with Gasteiger partial charge >= 0.3 is 11.9 Å². The van der Waals surface area contributed by atoms with Crippen molar-refractivity contribution in [1.29, 1.82) is 0 Å². The highest BCUT2D eigenvalue weighted by Crippen LogP contribution is 2.49. The molecular weight excluding hydrogens is 388 g/mol. The van der Waals surface area contributed by atoms with Gasteiger partial charge in [-0.1, -0.05) is 39.3 Å². The van der Waals surface area contributed by atoms with Crippen LogP contribution in [-0.4, -0.2) is 55.8 Å². The van der Waals surface area contributed by atoms with Gasteiger partial charge in [0.1, 0.15) is 11.7 Å². The van der Waals surface area contributed by atoms with E-state index in [0.717, 1.165) is 25.3 Å². The molecule has 2 aliphatic carbocycles. The average Bonchev–Trinajstić information content (AvgIpc) is 2.72. The fourth-order valence-corrected chi connectivity index (χ4v) is 4.68. The Morgan fingerprint density at radius 2 is 1.97 bits per heavy atom. The smallest absolute Gasteiger partial charge is 0.338 e. The first-order chi connectivity index (χ1) is 14.0. The Morgan fingerprint density at radius 3 is 2.53 bits per heavy atom. The summed E-state index contributed by atoms with van der Waals surface area (Å²) in [4.78, 5) is 24.6. The molecule has 0 aromatic carbocycles. The Kier molecular flexibility index (Phi) is 7.88. The van der Waals surface area contributed by atoms with E-state index < -0.39 is 41.3 Å². The van der Waals surface area contributed by atoms with Gasteiger partial charge in [-0.05, 0) is 56.6 Å². The summed E-state index contributed by atoms with van der Waals surface area (Å²) in [6, 6.07) is 0. The molecule has 170 valence electrons. The van der Waals surface area contributed by atoms with Crippen LogP contribution in [0.15, 0.2) is 23.8 Å². The van der Waals surface area contributed by atoms with Gasteiger partial charge in [-0.3, -0.25) is 4.79 Å². The molecule has 30 heavy (non-hydrogen) atoms. The summed E-state index contributed by atoms with van der Waals surface area (Å²) in [5, 5.41) is 43.5. The average molecular weight is 425 g/mol. The Morgan fingerprint density at radius 1 is 1.30 bits per heavy atom. The SMILES string of the molecule is CCCC(O)C(O)([C@H]1[C@@H](OC(=O)[C@@H](C)CC)C=CC2=CCCC[C@@H]21)C(C)(O)C(=O)O. The minimum atomic E-state index is -2.65. The summed E-state index contributed by atoms with van der Waals surface area (Å²) in [7, 11) is 0. The van der Waals surface area contributed by atoms with Crippen LogP contribution in [0.4, 0.5) is 0 Å². The molecule has 0 amide bonds. The second-order valence-electron chi connectivity index (χ2n) is 8.84. The van der Waals surface area contributed by atoms with Crippen LogP contribution in [0.5, 0.6) is 0 Å². The van der Waals surface area contributed by atoms with Crippen molar-refractivity contribution in [2.75, 3.05) is 0 Å². The first kappa shape index (κ1) is 24.6. The fraction of sp³-hybridized carbons (Fsp3) is 0.739. The number of allylic oxidation sites excluding steroid dienone is 3. The molecule has 0 aromatic rings. The standard InChI is InChI=1S/C23H36O7/c1-5-9-18(24)23(29,22(4,28)21(26)27)19-16-11-8-7-10-15(16)12-13-17(19)30-20(25)14(3)6-2/h10,12-14,16-19,24,28-29H,5-9,11H2,1-4H3,(H,26,27)/t14-,16-,17-,18?,19+,22?,23?/m0/s1. The van der Waals surface area contributed by atoms with Crippen molar-refractivity contribution >= 4 is 11.9 Å². The van der Waals surface area contributed by atoms with Crippen LogP contribution >= 0.6 is 0 Å². The molecule has 7 atom stereocenters. The molecule has 3 unspecified atom stereocenters. The quantitative estimate of drug-likeness (QED) is 0.419. The molecule has 0 aliphatic heterocycles. The summed E-state index contributed by atoms with van der Waals surface area (Å²) >= 11 is 0. The first-order valence-electron chi connectivity index (χ1n) is 11.0. The monoisotopic (exact) mass is 424 g/mol. The van der Waals surface area contributed by atoms with Gasteiger partial charge < -0.3 is 25.2 Å². The van der Waals surface area contributed by atoms with Crippen LogP contribution in [0, 0.1) is 17.8 Å². The Hall–Kier alpha value is -1.70. The third kappa shape index (κ3) is 4.34. The van der Waals surface area contributed by atoms with E-state index in [2.05, 4.69) is 0 Å². The van der Waals surface area contributed by atoms with Crippen molar-refractivity contribution in [2.45, 2.75) is 89.6 Å². The first-order valence-corrected chi connectivity index (χ1v) is 11.0. The van der Waals surface area contributed by atoms with E-state index in [0.29, 0.717) is 19.3 Å². The normalized spacial score (nSPS) is 29.6. The van der Waals surface area contributed by atoms with E-state index in [4.69, 9.17) is 4.74 Å². The Labute approximate surface area is 178 Å². The van der Waals surface area contributed by atoms with Gasteiger partial charge in [0, 0.05) is 5.92 Å². The summed E-state index contributed by atoms with van der Waals surface area (Å²) in [5.74, 6) is -3.81. The Balaban J connectivity index is 2.62. The second kappa shape index (κ2) is 9.62. The minimum Gasteiger partial charge on any atom is -0.479 e. The second-order valence-corrected chi connectivity index (χ2v) is 8.84. The molecule has 0 radical (unpaired) electrons. The zero-order valence-electron chi connectivity index (χ0n) is 18.4. The zero-order valence-corrected chi connectivity index (χ0v) is 18.4. The van der Waals surface area contributed by atoms with Gasteiger partial charge in [-0.25, -0.2) is 4.79 Å². The number of esters is 1. The largest absolute Gasteiger partial charge is 0.479 e. The van der Waals surface area contributed by atoms with Crippen LogP contribution in [0.1, 0.15) is 66.2 Å². The van der Waals surface area contributed by atoms with Gasteiger partial charge in [-0.15, -0.1) is 0 Å². The number of carboxylic acids is 1. The number of carboxylic acid groups (broad SMARTS) is 1. The summed E-state index contributed by atoms with van der Waals surface area (Å²) in [6.07, 6.45) is 6.48. The summed E-state index contributed by atoms with van der Waals surface area (Å²) < 4.78 is 5.73. The third-order valence-corrected chi connectivity index (χ3v) is 6.83. The van der Waals surface area contributed by atoms with Crippen molar-refractivity contribution in [3.63, 3.8) is 0 Å². The highest BCUT2D eigenvalue weighted by atomic mass is 16.5. The number of hydrogen-bond donors (Lipinski definition) is 4. The Bertz CT molecular complexity index is 696. The molecule has 0 aromatic heterocycles. The minimum absolute atomic E-state index is 0.0952. The predicted octanol–water partition coefficient (Wildman–Crippen LogP) is 2.58. The molecule has 0 spiro atoms. The van der Waals surface area contributed by atoms with Gasteiger partial charge in [0.05, 0.1) is 12.0 Å². The molecule has 4 N–H and O–H groups in total.